The summed E-state index contributed by atoms with van der Waals surface area (Å²) in [5.41, 5.74) is -1.10. The number of primary sulfonamides is 1. The number of hydrogen-bond donors (Lipinski definition) is 2. The minimum atomic E-state index is -4.04. The fraction of sp³-hybridized carbons (Fsp3) is 0.400. The molecular weight excluding hydrogens is 374 g/mol. The van der Waals surface area contributed by atoms with Crippen molar-refractivity contribution in [3.8, 4) is 0 Å². The number of aromatic nitrogens is 6. The van der Waals surface area contributed by atoms with Crippen molar-refractivity contribution >= 4 is 20.9 Å². The molecule has 1 fully saturated rings. The van der Waals surface area contributed by atoms with Gasteiger partial charge in [0.05, 0.1) is 22.3 Å². The average Bonchev–Trinajstić information content (AvgIpc) is 3.20. The fourth-order valence-electron chi connectivity index (χ4n) is 3.26. The number of tetrazole rings is 1. The first-order chi connectivity index (χ1) is 12.6. The van der Waals surface area contributed by atoms with Crippen molar-refractivity contribution in [2.45, 2.75) is 36.6 Å². The Labute approximate surface area is 152 Å². The van der Waals surface area contributed by atoms with Gasteiger partial charge in [-0.2, -0.15) is 0 Å². The Morgan fingerprint density at radius 2 is 2.00 bits per heavy atom. The van der Waals surface area contributed by atoms with Gasteiger partial charge in [-0.25, -0.2) is 23.0 Å². The van der Waals surface area contributed by atoms with Crippen LogP contribution < -0.4 is 16.4 Å². The van der Waals surface area contributed by atoms with E-state index in [4.69, 9.17) is 5.14 Å². The molecule has 0 atom stereocenters. The van der Waals surface area contributed by atoms with E-state index in [9.17, 15) is 18.0 Å². The molecule has 1 aliphatic rings. The van der Waals surface area contributed by atoms with Crippen molar-refractivity contribution < 1.29 is 8.42 Å². The van der Waals surface area contributed by atoms with E-state index in [1.807, 2.05) is 6.92 Å². The number of rotatable bonds is 4. The van der Waals surface area contributed by atoms with Gasteiger partial charge in [-0.05, 0) is 46.4 Å². The van der Waals surface area contributed by atoms with Gasteiger partial charge in [-0.15, -0.1) is 5.10 Å². The first-order valence-electron chi connectivity index (χ1n) is 8.16. The van der Waals surface area contributed by atoms with Gasteiger partial charge < -0.3 is 4.98 Å². The van der Waals surface area contributed by atoms with Crippen LogP contribution in [0.15, 0.2) is 26.6 Å². The van der Waals surface area contributed by atoms with Crippen LogP contribution in [0.1, 0.15) is 31.2 Å². The second-order valence-electron chi connectivity index (χ2n) is 7.01. The highest BCUT2D eigenvalue weighted by atomic mass is 32.2. The van der Waals surface area contributed by atoms with E-state index in [0.717, 1.165) is 17.4 Å². The number of aryl methyl sites for hydroxylation is 1. The summed E-state index contributed by atoms with van der Waals surface area (Å²) in [4.78, 5) is 28.2. The Morgan fingerprint density at radius 3 is 2.56 bits per heavy atom. The molecule has 142 valence electrons. The number of nitrogens with zero attached hydrogens (tertiary/aromatic N) is 5. The summed E-state index contributed by atoms with van der Waals surface area (Å²) in [5.74, 6) is 0.309. The van der Waals surface area contributed by atoms with Crippen molar-refractivity contribution in [3.05, 3.63) is 44.4 Å². The summed E-state index contributed by atoms with van der Waals surface area (Å²) in [6, 6.07) is 2.73. The molecular formula is C15H17N7O4S. The lowest BCUT2D eigenvalue weighted by Gasteiger charge is -2.17. The maximum Gasteiger partial charge on any atom is 0.329 e. The zero-order valence-electron chi connectivity index (χ0n) is 14.6. The van der Waals surface area contributed by atoms with Crippen LogP contribution in [0.5, 0.6) is 0 Å². The number of fused-ring (bicyclic) bond motifs is 1. The van der Waals surface area contributed by atoms with Crippen LogP contribution in [-0.4, -0.2) is 38.2 Å². The van der Waals surface area contributed by atoms with Crippen molar-refractivity contribution in [2.24, 2.45) is 12.2 Å². The van der Waals surface area contributed by atoms with Crippen LogP contribution >= 0.6 is 0 Å². The SMILES string of the molecule is Cn1nnnc1Cn1c(=O)[nH]c2ccc(S(N)(=O)=O)c(C3(C)CC3)c2c1=O. The zero-order chi connectivity index (χ0) is 19.6. The van der Waals surface area contributed by atoms with E-state index in [-0.39, 0.29) is 22.3 Å². The first-order valence-corrected chi connectivity index (χ1v) is 9.71. The molecule has 4 rings (SSSR count). The third kappa shape index (κ3) is 2.77. The van der Waals surface area contributed by atoms with Gasteiger partial charge in [0.2, 0.25) is 10.0 Å². The van der Waals surface area contributed by atoms with E-state index in [0.29, 0.717) is 11.4 Å². The predicted molar refractivity (Wildman–Crippen MR) is 94.7 cm³/mol. The van der Waals surface area contributed by atoms with Crippen LogP contribution in [0.4, 0.5) is 0 Å². The smallest absolute Gasteiger partial charge is 0.307 e. The van der Waals surface area contributed by atoms with Gasteiger partial charge in [0.15, 0.2) is 5.82 Å². The van der Waals surface area contributed by atoms with Crippen molar-refractivity contribution in [1.82, 2.24) is 29.8 Å². The summed E-state index contributed by atoms with van der Waals surface area (Å²) in [7, 11) is -2.45. The van der Waals surface area contributed by atoms with E-state index in [1.54, 1.807) is 7.05 Å². The molecule has 0 amide bonds. The number of H-pyrrole nitrogens is 1. The lowest BCUT2D eigenvalue weighted by atomic mass is 9.94. The monoisotopic (exact) mass is 391 g/mol. The molecule has 12 heteroatoms. The highest BCUT2D eigenvalue weighted by Crippen LogP contribution is 2.51. The highest BCUT2D eigenvalue weighted by molar-refractivity contribution is 7.89. The maximum atomic E-state index is 13.2. The number of nitrogens with two attached hydrogens (primary N) is 1. The Hall–Kier alpha value is -2.86. The molecule has 0 spiro atoms. The van der Waals surface area contributed by atoms with Gasteiger partial charge in [0.1, 0.15) is 0 Å². The average molecular weight is 391 g/mol. The van der Waals surface area contributed by atoms with Gasteiger partial charge in [-0.1, -0.05) is 6.92 Å². The lowest BCUT2D eigenvalue weighted by Crippen LogP contribution is -2.37. The number of benzene rings is 1. The zero-order valence-corrected chi connectivity index (χ0v) is 15.4. The quantitative estimate of drug-likeness (QED) is 0.574. The van der Waals surface area contributed by atoms with E-state index >= 15 is 0 Å². The second kappa shape index (κ2) is 5.57. The van der Waals surface area contributed by atoms with Crippen LogP contribution in [0.2, 0.25) is 0 Å². The number of nitrogens with one attached hydrogen (secondary N) is 1. The molecule has 0 bridgehead atoms. The lowest BCUT2D eigenvalue weighted by molar-refractivity contribution is 0.594. The van der Waals surface area contributed by atoms with Crippen molar-refractivity contribution in [3.63, 3.8) is 0 Å². The van der Waals surface area contributed by atoms with Crippen molar-refractivity contribution in [1.29, 1.82) is 0 Å². The van der Waals surface area contributed by atoms with Crippen LogP contribution in [0.3, 0.4) is 0 Å². The topological polar surface area (TPSA) is 159 Å². The molecule has 1 saturated carbocycles. The molecule has 27 heavy (non-hydrogen) atoms. The van der Waals surface area contributed by atoms with Crippen LogP contribution in [0.25, 0.3) is 10.9 Å². The molecule has 1 aliphatic carbocycles. The van der Waals surface area contributed by atoms with Gasteiger partial charge >= 0.3 is 5.69 Å². The van der Waals surface area contributed by atoms with Crippen LogP contribution in [0, 0.1) is 0 Å². The summed E-state index contributed by atoms with van der Waals surface area (Å²) in [6.07, 6.45) is 1.45. The highest BCUT2D eigenvalue weighted by Gasteiger charge is 2.44. The van der Waals surface area contributed by atoms with Gasteiger partial charge in [0.25, 0.3) is 5.56 Å². The molecule has 3 aromatic rings. The number of sulfonamides is 1. The predicted octanol–water partition coefficient (Wildman–Crippen LogP) is -1.04. The second-order valence-corrected chi connectivity index (χ2v) is 8.54. The summed E-state index contributed by atoms with van der Waals surface area (Å²) in [5, 5.41) is 16.5. The standard InChI is InChI=1S/C15H17N7O4S/c1-15(5-6-15)12-9(27(16,25)26)4-3-8-11(12)13(23)22(14(24)17-8)7-10-18-19-20-21(10)2/h3-4H,5-7H2,1-2H3,(H,17,24)(H2,16,25,26). The van der Waals surface area contributed by atoms with E-state index in [2.05, 4.69) is 20.5 Å². The summed E-state index contributed by atoms with van der Waals surface area (Å²) >= 11 is 0. The Balaban J connectivity index is 2.08. The minimum absolute atomic E-state index is 0.0916. The molecule has 0 aliphatic heterocycles. The molecule has 0 radical (unpaired) electrons. The Bertz CT molecular complexity index is 1300. The number of hydrogen-bond acceptors (Lipinski definition) is 7. The molecule has 2 heterocycles. The first kappa shape index (κ1) is 17.5. The molecule has 1 aromatic carbocycles. The Morgan fingerprint density at radius 1 is 1.30 bits per heavy atom. The Kier molecular flexibility index (Phi) is 3.62. The van der Waals surface area contributed by atoms with Crippen LogP contribution in [-0.2, 0) is 29.0 Å². The third-order valence-corrected chi connectivity index (χ3v) is 5.98. The normalized spacial score (nSPS) is 16.0. The summed E-state index contributed by atoms with van der Waals surface area (Å²) < 4.78 is 26.5. The van der Waals surface area contributed by atoms with Crippen molar-refractivity contribution in [2.75, 3.05) is 0 Å². The summed E-state index contributed by atoms with van der Waals surface area (Å²) in [6.45, 7) is 1.72. The van der Waals surface area contributed by atoms with Gasteiger partial charge in [-0.3, -0.25) is 9.36 Å². The molecule has 3 N–H and O–H groups in total. The molecule has 0 unspecified atom stereocenters. The van der Waals surface area contributed by atoms with E-state index < -0.39 is 26.7 Å². The maximum absolute atomic E-state index is 13.2. The fourth-order valence-corrected chi connectivity index (χ4v) is 4.15. The van der Waals surface area contributed by atoms with Gasteiger partial charge in [0, 0.05) is 7.05 Å². The molecule has 11 nitrogen and oxygen atoms in total. The third-order valence-electron chi connectivity index (χ3n) is 5.03. The van der Waals surface area contributed by atoms with E-state index in [1.165, 1.54) is 16.8 Å². The molecule has 2 aromatic heterocycles. The minimum Gasteiger partial charge on any atom is -0.307 e. The number of aromatic amines is 1. The molecule has 0 saturated heterocycles. The largest absolute Gasteiger partial charge is 0.329 e.